The minimum atomic E-state index is -4.51. The lowest BCUT2D eigenvalue weighted by atomic mass is 10.1. The van der Waals surface area contributed by atoms with Gasteiger partial charge in [0.25, 0.3) is 0 Å². The van der Waals surface area contributed by atoms with E-state index in [1.807, 2.05) is 20.8 Å². The molecule has 6 heteroatoms. The molecule has 0 fully saturated rings. The first kappa shape index (κ1) is 17.2. The van der Waals surface area contributed by atoms with Crippen molar-refractivity contribution in [3.8, 4) is 0 Å². The molecule has 0 aliphatic carbocycles. The SMILES string of the molecule is CCN(S(=O)c1ccc(C)cc1C(F)(F)F)C(C)(C)C. The largest absolute Gasteiger partial charge is 0.417 e. The van der Waals surface area contributed by atoms with Crippen molar-refractivity contribution in [1.29, 1.82) is 0 Å². The lowest BCUT2D eigenvalue weighted by Crippen LogP contribution is -2.42. The fourth-order valence-corrected chi connectivity index (χ4v) is 3.49. The van der Waals surface area contributed by atoms with Crippen LogP contribution in [0.25, 0.3) is 0 Å². The fourth-order valence-electron chi connectivity index (χ4n) is 1.98. The van der Waals surface area contributed by atoms with Crippen LogP contribution in [0.4, 0.5) is 13.2 Å². The van der Waals surface area contributed by atoms with Crippen LogP contribution >= 0.6 is 0 Å². The van der Waals surface area contributed by atoms with E-state index in [0.717, 1.165) is 6.07 Å². The smallest absolute Gasteiger partial charge is 0.237 e. The molecule has 0 bridgehead atoms. The number of hydrogen-bond acceptors (Lipinski definition) is 1. The van der Waals surface area contributed by atoms with Crippen molar-refractivity contribution < 1.29 is 17.4 Å². The van der Waals surface area contributed by atoms with Gasteiger partial charge >= 0.3 is 6.18 Å². The molecule has 0 aliphatic heterocycles. The van der Waals surface area contributed by atoms with Crippen LogP contribution in [-0.2, 0) is 17.2 Å². The summed E-state index contributed by atoms with van der Waals surface area (Å²) in [7, 11) is -1.84. The van der Waals surface area contributed by atoms with Crippen LogP contribution in [-0.4, -0.2) is 20.6 Å². The first-order chi connectivity index (χ1) is 8.98. The number of rotatable bonds is 3. The Bertz CT molecular complexity index is 506. The van der Waals surface area contributed by atoms with E-state index >= 15 is 0 Å². The number of hydrogen-bond donors (Lipinski definition) is 0. The highest BCUT2D eigenvalue weighted by Crippen LogP contribution is 2.35. The van der Waals surface area contributed by atoms with E-state index < -0.39 is 28.3 Å². The molecule has 0 heterocycles. The Balaban J connectivity index is 3.36. The van der Waals surface area contributed by atoms with Crippen molar-refractivity contribution in [3.63, 3.8) is 0 Å². The number of aryl methyl sites for hydroxylation is 1. The number of nitrogens with zero attached hydrogens (tertiary/aromatic N) is 1. The minimum absolute atomic E-state index is 0.181. The third kappa shape index (κ3) is 3.82. The van der Waals surface area contributed by atoms with E-state index in [9.17, 15) is 17.4 Å². The summed E-state index contributed by atoms with van der Waals surface area (Å²) in [5.74, 6) is 0. The zero-order chi connectivity index (χ0) is 15.7. The third-order valence-corrected chi connectivity index (χ3v) is 4.80. The maximum absolute atomic E-state index is 13.1. The van der Waals surface area contributed by atoms with E-state index in [1.54, 1.807) is 24.2 Å². The maximum Gasteiger partial charge on any atom is 0.417 e. The molecule has 0 saturated carbocycles. The molecule has 1 aromatic carbocycles. The summed E-state index contributed by atoms with van der Waals surface area (Å²) in [6.07, 6.45) is -4.51. The standard InChI is InChI=1S/C14H20F3NOS/c1-6-18(13(3,4)5)20(19)12-8-7-10(2)9-11(12)14(15,16)17/h7-9H,6H2,1-5H3. The second-order valence-corrected chi connectivity index (χ2v) is 6.99. The quantitative estimate of drug-likeness (QED) is 0.821. The van der Waals surface area contributed by atoms with Crippen molar-refractivity contribution >= 4 is 11.0 Å². The van der Waals surface area contributed by atoms with Gasteiger partial charge in [-0.05, 0) is 39.8 Å². The van der Waals surface area contributed by atoms with Crippen LogP contribution in [0.3, 0.4) is 0 Å². The monoisotopic (exact) mass is 307 g/mol. The first-order valence-corrected chi connectivity index (χ1v) is 7.46. The Kier molecular flexibility index (Phi) is 5.03. The molecule has 0 aromatic heterocycles. The summed E-state index contributed by atoms with van der Waals surface area (Å²) in [5.41, 5.74) is -0.802. The van der Waals surface area contributed by atoms with Gasteiger partial charge in [0.15, 0.2) is 0 Å². The first-order valence-electron chi connectivity index (χ1n) is 6.36. The van der Waals surface area contributed by atoms with E-state index in [4.69, 9.17) is 0 Å². The van der Waals surface area contributed by atoms with Gasteiger partial charge in [-0.1, -0.05) is 18.6 Å². The van der Waals surface area contributed by atoms with Gasteiger partial charge < -0.3 is 0 Å². The topological polar surface area (TPSA) is 20.3 Å². The van der Waals surface area contributed by atoms with Crippen LogP contribution in [0.1, 0.15) is 38.8 Å². The highest BCUT2D eigenvalue weighted by atomic mass is 32.2. The lowest BCUT2D eigenvalue weighted by molar-refractivity contribution is -0.139. The molecule has 0 amide bonds. The minimum Gasteiger partial charge on any atom is -0.237 e. The Morgan fingerprint density at radius 3 is 2.15 bits per heavy atom. The van der Waals surface area contributed by atoms with Crippen LogP contribution in [0.5, 0.6) is 0 Å². The van der Waals surface area contributed by atoms with Gasteiger partial charge in [0.2, 0.25) is 0 Å². The van der Waals surface area contributed by atoms with Gasteiger partial charge in [-0.15, -0.1) is 0 Å². The van der Waals surface area contributed by atoms with Gasteiger partial charge in [0, 0.05) is 12.1 Å². The average molecular weight is 307 g/mol. The second kappa shape index (κ2) is 5.85. The number of alkyl halides is 3. The zero-order valence-corrected chi connectivity index (χ0v) is 13.2. The molecule has 1 aromatic rings. The van der Waals surface area contributed by atoms with Crippen molar-refractivity contribution in [2.24, 2.45) is 0 Å². The Morgan fingerprint density at radius 1 is 1.20 bits per heavy atom. The summed E-state index contributed by atoms with van der Waals surface area (Å²) in [6.45, 7) is 9.26. The molecule has 0 radical (unpaired) electrons. The highest BCUT2D eigenvalue weighted by molar-refractivity contribution is 7.82. The van der Waals surface area contributed by atoms with Crippen LogP contribution < -0.4 is 0 Å². The van der Waals surface area contributed by atoms with Gasteiger partial charge in [-0.2, -0.15) is 13.2 Å². The van der Waals surface area contributed by atoms with Crippen molar-refractivity contribution in [3.05, 3.63) is 29.3 Å². The number of halogens is 3. The highest BCUT2D eigenvalue weighted by Gasteiger charge is 2.37. The van der Waals surface area contributed by atoms with Crippen molar-refractivity contribution in [2.45, 2.75) is 51.2 Å². The fraction of sp³-hybridized carbons (Fsp3) is 0.571. The summed E-state index contributed by atoms with van der Waals surface area (Å²) in [5, 5.41) is 0. The summed E-state index contributed by atoms with van der Waals surface area (Å²) < 4.78 is 53.4. The zero-order valence-electron chi connectivity index (χ0n) is 12.3. The molecule has 2 nitrogen and oxygen atoms in total. The van der Waals surface area contributed by atoms with E-state index in [2.05, 4.69) is 0 Å². The second-order valence-electron chi connectivity index (χ2n) is 5.61. The Labute approximate surface area is 120 Å². The maximum atomic E-state index is 13.1. The molecular formula is C14H20F3NOS. The predicted molar refractivity (Wildman–Crippen MR) is 74.7 cm³/mol. The Hall–Kier alpha value is -0.880. The summed E-state index contributed by atoms with van der Waals surface area (Å²) in [6, 6.07) is 3.91. The van der Waals surface area contributed by atoms with Gasteiger partial charge in [0.1, 0.15) is 11.0 Å². The van der Waals surface area contributed by atoms with Crippen LogP contribution in [0.2, 0.25) is 0 Å². The normalized spacial score (nSPS) is 14.7. The van der Waals surface area contributed by atoms with Gasteiger partial charge in [-0.25, -0.2) is 8.51 Å². The molecule has 0 saturated heterocycles. The van der Waals surface area contributed by atoms with Gasteiger partial charge in [0.05, 0.1) is 10.5 Å². The molecule has 1 atom stereocenters. The third-order valence-electron chi connectivity index (χ3n) is 2.86. The number of benzene rings is 1. The van der Waals surface area contributed by atoms with E-state index in [-0.39, 0.29) is 4.90 Å². The molecule has 1 unspecified atom stereocenters. The summed E-state index contributed by atoms with van der Waals surface area (Å²) >= 11 is 0. The average Bonchev–Trinajstić information content (AvgIpc) is 2.26. The van der Waals surface area contributed by atoms with Crippen molar-refractivity contribution in [2.75, 3.05) is 6.54 Å². The molecular weight excluding hydrogens is 287 g/mol. The van der Waals surface area contributed by atoms with E-state index in [1.165, 1.54) is 6.07 Å². The lowest BCUT2D eigenvalue weighted by Gasteiger charge is -2.33. The molecule has 0 aliphatic rings. The predicted octanol–water partition coefficient (Wildman–Crippen LogP) is 4.16. The van der Waals surface area contributed by atoms with E-state index in [0.29, 0.717) is 12.1 Å². The molecule has 0 N–H and O–H groups in total. The summed E-state index contributed by atoms with van der Waals surface area (Å²) in [4.78, 5) is -0.181. The van der Waals surface area contributed by atoms with Crippen molar-refractivity contribution in [1.82, 2.24) is 4.31 Å². The Morgan fingerprint density at radius 2 is 1.75 bits per heavy atom. The molecule has 0 spiro atoms. The van der Waals surface area contributed by atoms with Crippen LogP contribution in [0.15, 0.2) is 23.1 Å². The van der Waals surface area contributed by atoms with Gasteiger partial charge in [-0.3, -0.25) is 0 Å². The van der Waals surface area contributed by atoms with Crippen LogP contribution in [0, 0.1) is 6.92 Å². The molecule has 114 valence electrons. The molecule has 20 heavy (non-hydrogen) atoms. The molecule has 1 rings (SSSR count).